The van der Waals surface area contributed by atoms with Gasteiger partial charge in [0, 0.05) is 17.1 Å². The molecule has 0 bridgehead atoms. The van der Waals surface area contributed by atoms with E-state index in [1.165, 1.54) is 6.07 Å². The molecule has 0 spiro atoms. The van der Waals surface area contributed by atoms with Crippen molar-refractivity contribution >= 4 is 10.9 Å². The number of ether oxygens (including phenoxy) is 1. The van der Waals surface area contributed by atoms with Crippen molar-refractivity contribution in [2.45, 2.75) is 48.6 Å². The van der Waals surface area contributed by atoms with Gasteiger partial charge in [0.2, 0.25) is 0 Å². The highest BCUT2D eigenvalue weighted by molar-refractivity contribution is 5.85. The van der Waals surface area contributed by atoms with E-state index in [2.05, 4.69) is 0 Å². The third kappa shape index (κ3) is 3.25. The zero-order valence-corrected chi connectivity index (χ0v) is 14.8. The Labute approximate surface area is 164 Å². The predicted molar refractivity (Wildman–Crippen MR) is 87.0 cm³/mol. The fourth-order valence-corrected chi connectivity index (χ4v) is 3.48. The van der Waals surface area contributed by atoms with Crippen LogP contribution in [0.5, 0.6) is 0 Å². The van der Waals surface area contributed by atoms with E-state index >= 15 is 0 Å². The molecule has 0 radical (unpaired) electrons. The van der Waals surface area contributed by atoms with Gasteiger partial charge in [-0.3, -0.25) is 0 Å². The number of hydrogen-bond donors (Lipinski definition) is 5. The second-order valence-corrected chi connectivity index (χ2v) is 6.89. The van der Waals surface area contributed by atoms with Crippen LogP contribution in [-0.2, 0) is 10.3 Å². The van der Waals surface area contributed by atoms with E-state index in [1.807, 2.05) is 0 Å². The van der Waals surface area contributed by atoms with Crippen molar-refractivity contribution in [2.75, 3.05) is 6.61 Å². The summed E-state index contributed by atoms with van der Waals surface area (Å²) in [5.74, 6) is 0. The number of alkyl halides is 6. The molecule has 7 nitrogen and oxygen atoms in total. The summed E-state index contributed by atoms with van der Waals surface area (Å²) in [7, 11) is 0. The lowest BCUT2D eigenvalue weighted by molar-refractivity contribution is -0.375. The van der Waals surface area contributed by atoms with Gasteiger partial charge in [-0.15, -0.1) is 0 Å². The number of aromatic nitrogens is 1. The first-order valence-electron chi connectivity index (χ1n) is 8.52. The maximum Gasteiger partial charge on any atom is 0.430 e. The Hall–Kier alpha value is -1.90. The first-order valence-corrected chi connectivity index (χ1v) is 8.52. The first-order chi connectivity index (χ1) is 13.8. The quantitative estimate of drug-likeness (QED) is 0.449. The minimum Gasteiger partial charge on any atom is -0.394 e. The predicted octanol–water partition coefficient (Wildman–Crippen LogP) is 0.926. The van der Waals surface area contributed by atoms with E-state index in [0.717, 1.165) is 18.2 Å². The zero-order chi connectivity index (χ0) is 22.6. The number of halogens is 6. The Morgan fingerprint density at radius 3 is 2.00 bits per heavy atom. The third-order valence-electron chi connectivity index (χ3n) is 5.09. The fourth-order valence-electron chi connectivity index (χ4n) is 3.48. The number of aliphatic hydroxyl groups is 5. The lowest BCUT2D eigenvalue weighted by Gasteiger charge is -2.40. The molecule has 0 unspecified atom stereocenters. The number of benzene rings is 1. The number of fused-ring (bicyclic) bond motifs is 1. The van der Waals surface area contributed by atoms with Gasteiger partial charge in [0.15, 0.2) is 6.23 Å². The molecule has 13 heteroatoms. The maximum atomic E-state index is 13.4. The average Bonchev–Trinajstić information content (AvgIpc) is 3.04. The van der Waals surface area contributed by atoms with Crippen molar-refractivity contribution in [2.24, 2.45) is 0 Å². The van der Waals surface area contributed by atoms with Crippen molar-refractivity contribution < 1.29 is 56.6 Å². The van der Waals surface area contributed by atoms with Crippen LogP contribution in [0.4, 0.5) is 26.3 Å². The standard InChI is InChI=1S/C17H17F6NO6/c18-16(19,20)15(29,17(21,22)23)8-5-24(9-4-2-1-3-7(8)9)14-13(28)12(27)11(26)10(6-25)30-14/h1-5,10-14,25-29H,6H2/t10-,11-,12+,13-,14-/m1/s1. The van der Waals surface area contributed by atoms with Gasteiger partial charge in [-0.25, -0.2) is 0 Å². The maximum absolute atomic E-state index is 13.4. The molecule has 30 heavy (non-hydrogen) atoms. The van der Waals surface area contributed by atoms with Crippen LogP contribution in [-0.4, -0.2) is 73.5 Å². The Kier molecular flexibility index (Phi) is 5.58. The number of hydrogen-bond acceptors (Lipinski definition) is 6. The minimum atomic E-state index is -6.14. The van der Waals surface area contributed by atoms with Gasteiger partial charge in [-0.2, -0.15) is 26.3 Å². The third-order valence-corrected chi connectivity index (χ3v) is 5.09. The SMILES string of the molecule is OC[C@H]1O[C@@H](n2cc(C(O)(C(F)(F)F)C(F)(F)F)c3ccccc32)[C@H](O)[C@@H](O)[C@@H]1O. The second kappa shape index (κ2) is 7.35. The highest BCUT2D eigenvalue weighted by Gasteiger charge is 2.72. The summed E-state index contributed by atoms with van der Waals surface area (Å²) in [5.41, 5.74) is -7.09. The summed E-state index contributed by atoms with van der Waals surface area (Å²) in [6.07, 6.45) is -20.9. The number of rotatable bonds is 3. The molecule has 1 fully saturated rings. The lowest BCUT2D eigenvalue weighted by atomic mass is 9.92. The van der Waals surface area contributed by atoms with Gasteiger partial charge in [-0.05, 0) is 6.07 Å². The fraction of sp³-hybridized carbons (Fsp3) is 0.529. The van der Waals surface area contributed by atoms with Crippen LogP contribution >= 0.6 is 0 Å². The molecule has 1 saturated heterocycles. The van der Waals surface area contributed by atoms with Crippen molar-refractivity contribution in [3.05, 3.63) is 36.0 Å². The molecule has 2 aromatic rings. The van der Waals surface area contributed by atoms with E-state index < -0.39 is 66.2 Å². The molecule has 0 aliphatic carbocycles. The van der Waals surface area contributed by atoms with Crippen LogP contribution in [0.1, 0.15) is 11.8 Å². The highest BCUT2D eigenvalue weighted by atomic mass is 19.4. The summed E-state index contributed by atoms with van der Waals surface area (Å²) in [5, 5.41) is 48.4. The second-order valence-electron chi connectivity index (χ2n) is 6.89. The molecular formula is C17H17F6NO6. The Morgan fingerprint density at radius 2 is 1.47 bits per heavy atom. The molecule has 5 N–H and O–H groups in total. The smallest absolute Gasteiger partial charge is 0.394 e. The molecule has 2 heterocycles. The van der Waals surface area contributed by atoms with Crippen molar-refractivity contribution in [3.63, 3.8) is 0 Å². The van der Waals surface area contributed by atoms with E-state index in [-0.39, 0.29) is 5.52 Å². The topological polar surface area (TPSA) is 115 Å². The monoisotopic (exact) mass is 445 g/mol. The number of aliphatic hydroxyl groups excluding tert-OH is 4. The molecule has 1 aromatic carbocycles. The summed E-state index contributed by atoms with van der Waals surface area (Å²) in [6.45, 7) is -0.859. The molecular weight excluding hydrogens is 428 g/mol. The van der Waals surface area contributed by atoms with Crippen LogP contribution in [0.2, 0.25) is 0 Å². The van der Waals surface area contributed by atoms with E-state index in [0.29, 0.717) is 10.8 Å². The van der Waals surface area contributed by atoms with Crippen LogP contribution in [0.3, 0.4) is 0 Å². The molecule has 5 atom stereocenters. The first kappa shape index (κ1) is 22.8. The molecule has 3 rings (SSSR count). The normalized spacial score (nSPS) is 28.8. The summed E-state index contributed by atoms with van der Waals surface area (Å²) in [6, 6.07) is 4.46. The number of para-hydroxylation sites is 1. The minimum absolute atomic E-state index is 0.288. The average molecular weight is 445 g/mol. The molecule has 1 aromatic heterocycles. The highest BCUT2D eigenvalue weighted by Crippen LogP contribution is 2.52. The molecule has 168 valence electrons. The van der Waals surface area contributed by atoms with Gasteiger partial charge >= 0.3 is 12.4 Å². The largest absolute Gasteiger partial charge is 0.430 e. The van der Waals surface area contributed by atoms with Gasteiger partial charge < -0.3 is 34.8 Å². The summed E-state index contributed by atoms with van der Waals surface area (Å²) < 4.78 is 86.3. The van der Waals surface area contributed by atoms with E-state index in [4.69, 9.17) is 4.74 Å². The molecule has 0 saturated carbocycles. The Bertz CT molecular complexity index is 896. The summed E-state index contributed by atoms with van der Waals surface area (Å²) >= 11 is 0. The van der Waals surface area contributed by atoms with Gasteiger partial charge in [0.1, 0.15) is 24.4 Å². The van der Waals surface area contributed by atoms with Crippen molar-refractivity contribution in [1.29, 1.82) is 0 Å². The van der Waals surface area contributed by atoms with Crippen molar-refractivity contribution in [3.8, 4) is 0 Å². The van der Waals surface area contributed by atoms with Crippen LogP contribution in [0, 0.1) is 0 Å². The van der Waals surface area contributed by atoms with Crippen LogP contribution in [0.25, 0.3) is 10.9 Å². The summed E-state index contributed by atoms with van der Waals surface area (Å²) in [4.78, 5) is 0. The zero-order valence-electron chi connectivity index (χ0n) is 14.8. The van der Waals surface area contributed by atoms with Gasteiger partial charge in [0.05, 0.1) is 12.1 Å². The Morgan fingerprint density at radius 1 is 0.900 bits per heavy atom. The van der Waals surface area contributed by atoms with E-state index in [9.17, 15) is 51.9 Å². The number of nitrogens with zero attached hydrogens (tertiary/aromatic N) is 1. The van der Waals surface area contributed by atoms with Crippen molar-refractivity contribution in [1.82, 2.24) is 4.57 Å². The lowest BCUT2D eigenvalue weighted by Crippen LogP contribution is -2.56. The molecule has 1 aliphatic rings. The Balaban J connectivity index is 2.25. The van der Waals surface area contributed by atoms with Crippen LogP contribution in [0.15, 0.2) is 30.5 Å². The van der Waals surface area contributed by atoms with Gasteiger partial charge in [0.25, 0.3) is 5.60 Å². The van der Waals surface area contributed by atoms with E-state index in [1.54, 1.807) is 0 Å². The van der Waals surface area contributed by atoms with Gasteiger partial charge in [-0.1, -0.05) is 18.2 Å². The van der Waals surface area contributed by atoms with Crippen LogP contribution < -0.4 is 0 Å². The molecule has 1 aliphatic heterocycles. The molecule has 0 amide bonds.